The molecule has 3 heteroatoms. The molecule has 1 saturated carbocycles. The number of hydrogen-bond donors (Lipinski definition) is 0. The van der Waals surface area contributed by atoms with Crippen molar-refractivity contribution in [1.29, 1.82) is 0 Å². The maximum atomic E-state index is 6.08. The molecule has 2 heterocycles. The number of benzene rings is 1. The van der Waals surface area contributed by atoms with Gasteiger partial charge in [-0.2, -0.15) is 0 Å². The summed E-state index contributed by atoms with van der Waals surface area (Å²) in [6, 6.07) is 6.10. The van der Waals surface area contributed by atoms with Gasteiger partial charge < -0.3 is 14.2 Å². The smallest absolute Gasteiger partial charge is 0.138 e. The molecule has 4 rings (SSSR count). The SMILES string of the molecule is COc1ccc2c(c1)[C@@]1(C)CC[C@H](O2)[C@@]12CO2. The number of ether oxygens (including phenoxy) is 3. The van der Waals surface area contributed by atoms with E-state index >= 15 is 0 Å². The van der Waals surface area contributed by atoms with E-state index in [0.717, 1.165) is 30.9 Å². The Morgan fingerprint density at radius 3 is 2.94 bits per heavy atom. The standard InChI is InChI=1S/C14H16O3/c1-13-6-5-12(14(13)8-16-14)17-11-4-3-9(15-2)7-10(11)13/h3-4,7,12H,5-6,8H2,1-2H3/t12-,13+,14-/m0/s1. The Labute approximate surface area is 101 Å². The molecule has 1 aromatic carbocycles. The van der Waals surface area contributed by atoms with Crippen molar-refractivity contribution in [3.05, 3.63) is 23.8 Å². The molecule has 0 radical (unpaired) electrons. The summed E-state index contributed by atoms with van der Waals surface area (Å²) in [4.78, 5) is 0. The summed E-state index contributed by atoms with van der Waals surface area (Å²) >= 11 is 0. The first-order chi connectivity index (χ1) is 8.19. The van der Waals surface area contributed by atoms with Gasteiger partial charge in [0, 0.05) is 11.0 Å². The monoisotopic (exact) mass is 232 g/mol. The highest BCUT2D eigenvalue weighted by molar-refractivity contribution is 5.52. The van der Waals surface area contributed by atoms with Crippen molar-refractivity contribution in [3.63, 3.8) is 0 Å². The molecule has 90 valence electrons. The Hall–Kier alpha value is -1.22. The molecule has 3 atom stereocenters. The quantitative estimate of drug-likeness (QED) is 0.696. The van der Waals surface area contributed by atoms with Crippen molar-refractivity contribution in [2.75, 3.05) is 13.7 Å². The van der Waals surface area contributed by atoms with Gasteiger partial charge in [0.15, 0.2) is 0 Å². The Balaban J connectivity index is 1.93. The molecule has 17 heavy (non-hydrogen) atoms. The van der Waals surface area contributed by atoms with Crippen LogP contribution in [0.5, 0.6) is 11.5 Å². The third-order valence-corrected chi connectivity index (χ3v) is 4.87. The molecule has 0 N–H and O–H groups in total. The lowest BCUT2D eigenvalue weighted by atomic mass is 9.71. The van der Waals surface area contributed by atoms with Crippen LogP contribution < -0.4 is 9.47 Å². The average Bonchev–Trinajstić information content (AvgIpc) is 3.10. The number of epoxide rings is 1. The van der Waals surface area contributed by atoms with Crippen LogP contribution in [0.15, 0.2) is 18.2 Å². The van der Waals surface area contributed by atoms with Crippen LogP contribution in [-0.4, -0.2) is 25.4 Å². The molecule has 1 aliphatic carbocycles. The third kappa shape index (κ3) is 0.974. The summed E-state index contributed by atoms with van der Waals surface area (Å²) in [5.74, 6) is 1.91. The van der Waals surface area contributed by atoms with Crippen molar-refractivity contribution in [2.45, 2.75) is 36.9 Å². The zero-order valence-corrected chi connectivity index (χ0v) is 10.2. The van der Waals surface area contributed by atoms with E-state index in [4.69, 9.17) is 14.2 Å². The van der Waals surface area contributed by atoms with E-state index < -0.39 is 0 Å². The number of fused-ring (bicyclic) bond motifs is 2. The van der Waals surface area contributed by atoms with E-state index in [0.29, 0.717) is 0 Å². The lowest BCUT2D eigenvalue weighted by molar-refractivity contribution is 0.0684. The second kappa shape index (κ2) is 2.78. The van der Waals surface area contributed by atoms with Crippen molar-refractivity contribution in [3.8, 4) is 11.5 Å². The van der Waals surface area contributed by atoms with Gasteiger partial charge in [-0.15, -0.1) is 0 Å². The van der Waals surface area contributed by atoms with Gasteiger partial charge in [0.1, 0.15) is 23.2 Å². The summed E-state index contributed by atoms with van der Waals surface area (Å²) in [6.45, 7) is 3.14. The lowest BCUT2D eigenvalue weighted by Crippen LogP contribution is -2.47. The molecule has 2 aliphatic heterocycles. The topological polar surface area (TPSA) is 31.0 Å². The van der Waals surface area contributed by atoms with Gasteiger partial charge in [0.2, 0.25) is 0 Å². The van der Waals surface area contributed by atoms with E-state index in [1.165, 1.54) is 5.56 Å². The molecule has 1 saturated heterocycles. The van der Waals surface area contributed by atoms with E-state index in [1.807, 2.05) is 12.1 Å². The fourth-order valence-corrected chi connectivity index (χ4v) is 3.64. The lowest BCUT2D eigenvalue weighted by Gasteiger charge is -2.38. The predicted molar refractivity (Wildman–Crippen MR) is 62.7 cm³/mol. The molecular weight excluding hydrogens is 216 g/mol. The summed E-state index contributed by atoms with van der Waals surface area (Å²) in [5, 5.41) is 0. The second-order valence-electron chi connectivity index (χ2n) is 5.52. The highest BCUT2D eigenvalue weighted by atomic mass is 16.6. The molecule has 0 unspecified atom stereocenters. The Bertz CT molecular complexity index is 492. The minimum atomic E-state index is -0.0492. The highest BCUT2D eigenvalue weighted by Gasteiger charge is 2.71. The number of hydrogen-bond acceptors (Lipinski definition) is 3. The highest BCUT2D eigenvalue weighted by Crippen LogP contribution is 2.63. The van der Waals surface area contributed by atoms with Gasteiger partial charge in [-0.25, -0.2) is 0 Å². The van der Waals surface area contributed by atoms with Crippen LogP contribution >= 0.6 is 0 Å². The van der Waals surface area contributed by atoms with Gasteiger partial charge in [-0.05, 0) is 31.0 Å². The van der Waals surface area contributed by atoms with E-state index in [9.17, 15) is 0 Å². The van der Waals surface area contributed by atoms with Gasteiger partial charge in [-0.3, -0.25) is 0 Å². The minimum Gasteiger partial charge on any atom is -0.497 e. The second-order valence-corrected chi connectivity index (χ2v) is 5.52. The largest absolute Gasteiger partial charge is 0.497 e. The zero-order valence-electron chi connectivity index (χ0n) is 10.2. The molecule has 3 nitrogen and oxygen atoms in total. The summed E-state index contributed by atoms with van der Waals surface area (Å²) in [7, 11) is 1.70. The maximum Gasteiger partial charge on any atom is 0.138 e. The van der Waals surface area contributed by atoms with Gasteiger partial charge in [0.25, 0.3) is 0 Å². The van der Waals surface area contributed by atoms with Crippen LogP contribution in [0.2, 0.25) is 0 Å². The Kier molecular flexibility index (Phi) is 1.60. The molecule has 0 aromatic heterocycles. The van der Waals surface area contributed by atoms with Crippen molar-refractivity contribution in [2.24, 2.45) is 0 Å². The van der Waals surface area contributed by atoms with E-state index in [1.54, 1.807) is 7.11 Å². The van der Waals surface area contributed by atoms with Crippen molar-refractivity contribution in [1.82, 2.24) is 0 Å². The molecule has 1 spiro atoms. The number of methoxy groups -OCH3 is 1. The minimum absolute atomic E-state index is 0.0492. The molecule has 0 amide bonds. The maximum absolute atomic E-state index is 6.08. The van der Waals surface area contributed by atoms with E-state index in [-0.39, 0.29) is 17.1 Å². The number of rotatable bonds is 1. The van der Waals surface area contributed by atoms with Gasteiger partial charge in [-0.1, -0.05) is 6.92 Å². The van der Waals surface area contributed by atoms with Gasteiger partial charge >= 0.3 is 0 Å². The van der Waals surface area contributed by atoms with Crippen LogP contribution in [0.3, 0.4) is 0 Å². The summed E-state index contributed by atoms with van der Waals surface area (Å²) < 4.78 is 17.2. The first-order valence-electron chi connectivity index (χ1n) is 6.19. The van der Waals surface area contributed by atoms with Crippen LogP contribution in [0.1, 0.15) is 25.3 Å². The van der Waals surface area contributed by atoms with Crippen molar-refractivity contribution >= 4 is 0 Å². The van der Waals surface area contributed by atoms with Crippen molar-refractivity contribution < 1.29 is 14.2 Å². The Morgan fingerprint density at radius 1 is 1.41 bits per heavy atom. The average molecular weight is 232 g/mol. The van der Waals surface area contributed by atoms with E-state index in [2.05, 4.69) is 13.0 Å². The van der Waals surface area contributed by atoms with Crippen LogP contribution in [0.25, 0.3) is 0 Å². The zero-order chi connectivity index (χ0) is 11.7. The predicted octanol–water partition coefficient (Wildman–Crippen LogP) is 2.28. The van der Waals surface area contributed by atoms with Gasteiger partial charge in [0.05, 0.1) is 13.7 Å². The summed E-state index contributed by atoms with van der Waals surface area (Å²) in [5.41, 5.74) is 1.30. The van der Waals surface area contributed by atoms with Crippen LogP contribution in [-0.2, 0) is 10.2 Å². The molecule has 2 bridgehead atoms. The molecule has 2 fully saturated rings. The Morgan fingerprint density at radius 2 is 2.24 bits per heavy atom. The fraction of sp³-hybridized carbons (Fsp3) is 0.571. The summed E-state index contributed by atoms with van der Waals surface area (Å²) in [6.07, 6.45) is 2.47. The normalized spacial score (nSPS) is 40.9. The first kappa shape index (κ1) is 9.77. The third-order valence-electron chi connectivity index (χ3n) is 4.87. The van der Waals surface area contributed by atoms with Crippen LogP contribution in [0, 0.1) is 0 Å². The molecule has 3 aliphatic rings. The fourth-order valence-electron chi connectivity index (χ4n) is 3.64. The first-order valence-corrected chi connectivity index (χ1v) is 6.19. The molecule has 1 aromatic rings. The molecular formula is C14H16O3. The van der Waals surface area contributed by atoms with Crippen LogP contribution in [0.4, 0.5) is 0 Å².